The molecule has 3 nitrogen and oxygen atoms in total. The van der Waals surface area contributed by atoms with Crippen LogP contribution in [0.15, 0.2) is 22.7 Å². The summed E-state index contributed by atoms with van der Waals surface area (Å²) >= 11 is 3.47. The number of piperidine rings is 1. The lowest BCUT2D eigenvalue weighted by Crippen LogP contribution is -2.45. The molecular weight excluding hydrogens is 318 g/mol. The van der Waals surface area contributed by atoms with Crippen LogP contribution in [0.1, 0.15) is 38.2 Å². The molecule has 1 aliphatic heterocycles. The summed E-state index contributed by atoms with van der Waals surface area (Å²) in [4.78, 5) is 14.3. The van der Waals surface area contributed by atoms with E-state index in [2.05, 4.69) is 22.9 Å². The number of ether oxygens (including phenoxy) is 1. The first-order chi connectivity index (χ1) is 9.61. The molecule has 0 N–H and O–H groups in total. The third-order valence-corrected chi connectivity index (χ3v) is 4.48. The number of hydrogen-bond acceptors (Lipinski definition) is 2. The van der Waals surface area contributed by atoms with Gasteiger partial charge >= 0.3 is 0 Å². The Bertz CT molecular complexity index is 476. The highest BCUT2D eigenvalue weighted by Gasteiger charge is 2.25. The normalized spacial score (nSPS) is 18.9. The van der Waals surface area contributed by atoms with Crippen LogP contribution in [0.3, 0.4) is 0 Å². The lowest BCUT2D eigenvalue weighted by Gasteiger charge is -2.35. The topological polar surface area (TPSA) is 29.5 Å². The fraction of sp³-hybridized carbons (Fsp3) is 0.562. The fourth-order valence-corrected chi connectivity index (χ4v) is 3.31. The summed E-state index contributed by atoms with van der Waals surface area (Å²) in [6.07, 6.45) is 4.49. The quantitative estimate of drug-likeness (QED) is 0.831. The van der Waals surface area contributed by atoms with Crippen LogP contribution in [0.2, 0.25) is 0 Å². The molecule has 4 heteroatoms. The highest BCUT2D eigenvalue weighted by atomic mass is 79.9. The number of carbonyl (C=O) groups is 1. The van der Waals surface area contributed by atoms with Crippen molar-refractivity contribution in [1.29, 1.82) is 0 Å². The van der Waals surface area contributed by atoms with E-state index in [4.69, 9.17) is 4.74 Å². The summed E-state index contributed by atoms with van der Waals surface area (Å²) in [5.41, 5.74) is 1.16. The molecule has 1 aliphatic rings. The minimum atomic E-state index is 0.101. The minimum absolute atomic E-state index is 0.101. The molecule has 20 heavy (non-hydrogen) atoms. The Kier molecular flexibility index (Phi) is 5.46. The number of amides is 1. The van der Waals surface area contributed by atoms with Crippen molar-refractivity contribution in [2.45, 2.75) is 45.6 Å². The number of rotatable bonds is 4. The van der Waals surface area contributed by atoms with Gasteiger partial charge in [0.05, 0.1) is 4.47 Å². The van der Waals surface area contributed by atoms with Gasteiger partial charge in [0.2, 0.25) is 0 Å². The van der Waals surface area contributed by atoms with Crippen molar-refractivity contribution < 1.29 is 9.53 Å². The van der Waals surface area contributed by atoms with Crippen molar-refractivity contribution in [2.75, 3.05) is 13.2 Å². The van der Waals surface area contributed by atoms with Gasteiger partial charge in [0.1, 0.15) is 5.75 Å². The molecule has 0 radical (unpaired) electrons. The van der Waals surface area contributed by atoms with E-state index < -0.39 is 0 Å². The monoisotopic (exact) mass is 339 g/mol. The number of carbonyl (C=O) groups excluding carboxylic acids is 1. The fourth-order valence-electron chi connectivity index (χ4n) is 2.70. The Hall–Kier alpha value is -1.03. The van der Waals surface area contributed by atoms with Gasteiger partial charge in [-0.2, -0.15) is 0 Å². The molecule has 2 rings (SSSR count). The van der Waals surface area contributed by atoms with Crippen molar-refractivity contribution in [3.63, 3.8) is 0 Å². The van der Waals surface area contributed by atoms with Crippen molar-refractivity contribution in [1.82, 2.24) is 4.90 Å². The van der Waals surface area contributed by atoms with Crippen LogP contribution in [0.4, 0.5) is 0 Å². The van der Waals surface area contributed by atoms with Crippen LogP contribution in [0.5, 0.6) is 5.75 Å². The second-order valence-corrected chi connectivity index (χ2v) is 6.22. The zero-order valence-electron chi connectivity index (χ0n) is 12.2. The van der Waals surface area contributed by atoms with E-state index >= 15 is 0 Å². The summed E-state index contributed by atoms with van der Waals surface area (Å²) in [5, 5.41) is 0. The first-order valence-corrected chi connectivity index (χ1v) is 8.09. The maximum absolute atomic E-state index is 12.3. The summed E-state index contributed by atoms with van der Waals surface area (Å²) < 4.78 is 6.56. The van der Waals surface area contributed by atoms with Gasteiger partial charge in [-0.25, -0.2) is 0 Å². The molecule has 0 saturated carbocycles. The van der Waals surface area contributed by atoms with E-state index in [1.165, 1.54) is 6.42 Å². The molecule has 110 valence electrons. The Morgan fingerprint density at radius 1 is 1.45 bits per heavy atom. The predicted molar refractivity (Wildman–Crippen MR) is 84.0 cm³/mol. The summed E-state index contributed by atoms with van der Waals surface area (Å²) in [5.74, 6) is 0.832. The van der Waals surface area contributed by atoms with E-state index in [0.29, 0.717) is 6.04 Å². The molecule has 1 fully saturated rings. The van der Waals surface area contributed by atoms with Gasteiger partial charge in [-0.05, 0) is 66.2 Å². The number of aryl methyl sites for hydroxylation is 1. The molecule has 0 aliphatic carbocycles. The Labute approximate surface area is 129 Å². The van der Waals surface area contributed by atoms with Crippen molar-refractivity contribution >= 4 is 21.8 Å². The third-order valence-electron chi connectivity index (χ3n) is 3.86. The van der Waals surface area contributed by atoms with Gasteiger partial charge in [0.25, 0.3) is 5.91 Å². The van der Waals surface area contributed by atoms with Crippen LogP contribution in [-0.4, -0.2) is 30.0 Å². The average molecular weight is 340 g/mol. The standard InChI is InChI=1S/C16H22BrNO2/c1-3-13-6-4-5-9-18(13)16(19)11-20-15-8-7-12(2)10-14(15)17/h7-8,10,13H,3-6,9,11H2,1-2H3. The predicted octanol–water partition coefficient (Wildman–Crippen LogP) is 3.93. The molecule has 0 aromatic heterocycles. The minimum Gasteiger partial charge on any atom is -0.483 e. The van der Waals surface area contributed by atoms with Crippen molar-refractivity contribution in [2.24, 2.45) is 0 Å². The number of benzene rings is 1. The number of nitrogens with zero attached hydrogens (tertiary/aromatic N) is 1. The maximum atomic E-state index is 12.3. The van der Waals surface area contributed by atoms with Crippen LogP contribution in [-0.2, 0) is 4.79 Å². The smallest absolute Gasteiger partial charge is 0.260 e. The van der Waals surface area contributed by atoms with Gasteiger partial charge in [0, 0.05) is 12.6 Å². The first kappa shape index (κ1) is 15.4. The van der Waals surface area contributed by atoms with E-state index in [1.54, 1.807) is 0 Å². The van der Waals surface area contributed by atoms with Gasteiger partial charge < -0.3 is 9.64 Å². The molecule has 1 aromatic carbocycles. The van der Waals surface area contributed by atoms with Crippen LogP contribution >= 0.6 is 15.9 Å². The molecule has 0 spiro atoms. The van der Waals surface area contributed by atoms with Gasteiger partial charge in [-0.3, -0.25) is 4.79 Å². The summed E-state index contributed by atoms with van der Waals surface area (Å²) in [7, 11) is 0. The number of halogens is 1. The van der Waals surface area contributed by atoms with E-state index in [0.717, 1.165) is 41.6 Å². The van der Waals surface area contributed by atoms with Crippen molar-refractivity contribution in [3.8, 4) is 5.75 Å². The lowest BCUT2D eigenvalue weighted by atomic mass is 10.00. The molecule has 1 heterocycles. The van der Waals surface area contributed by atoms with Crippen LogP contribution < -0.4 is 4.74 Å². The number of hydrogen-bond donors (Lipinski definition) is 0. The Morgan fingerprint density at radius 2 is 2.25 bits per heavy atom. The van der Waals surface area contributed by atoms with Crippen LogP contribution in [0.25, 0.3) is 0 Å². The molecule has 1 aromatic rings. The molecule has 1 unspecified atom stereocenters. The second-order valence-electron chi connectivity index (χ2n) is 5.37. The second kappa shape index (κ2) is 7.11. The number of likely N-dealkylation sites (tertiary alicyclic amines) is 1. The summed E-state index contributed by atoms with van der Waals surface area (Å²) in [6, 6.07) is 6.28. The molecule has 1 atom stereocenters. The van der Waals surface area contributed by atoms with Gasteiger partial charge in [-0.15, -0.1) is 0 Å². The molecule has 1 amide bonds. The average Bonchev–Trinajstić information content (AvgIpc) is 2.46. The summed E-state index contributed by atoms with van der Waals surface area (Å²) in [6.45, 7) is 5.17. The largest absolute Gasteiger partial charge is 0.483 e. The SMILES string of the molecule is CCC1CCCCN1C(=O)COc1ccc(C)cc1Br. The molecule has 1 saturated heterocycles. The maximum Gasteiger partial charge on any atom is 0.260 e. The van der Waals surface area contributed by atoms with Gasteiger partial charge in [-0.1, -0.05) is 13.0 Å². The Morgan fingerprint density at radius 3 is 2.95 bits per heavy atom. The van der Waals surface area contributed by atoms with E-state index in [-0.39, 0.29) is 12.5 Å². The third kappa shape index (κ3) is 3.75. The first-order valence-electron chi connectivity index (χ1n) is 7.30. The lowest BCUT2D eigenvalue weighted by molar-refractivity contribution is -0.137. The van der Waals surface area contributed by atoms with Crippen LogP contribution in [0, 0.1) is 6.92 Å². The highest BCUT2D eigenvalue weighted by Crippen LogP contribution is 2.26. The molecule has 0 bridgehead atoms. The molecular formula is C16H22BrNO2. The van der Waals surface area contributed by atoms with E-state index in [9.17, 15) is 4.79 Å². The van der Waals surface area contributed by atoms with Crippen molar-refractivity contribution in [3.05, 3.63) is 28.2 Å². The Balaban J connectivity index is 1.94. The zero-order valence-corrected chi connectivity index (χ0v) is 13.8. The highest BCUT2D eigenvalue weighted by molar-refractivity contribution is 9.10. The van der Waals surface area contributed by atoms with E-state index in [1.807, 2.05) is 30.0 Å². The zero-order chi connectivity index (χ0) is 14.5. The van der Waals surface area contributed by atoms with Gasteiger partial charge in [0.15, 0.2) is 6.61 Å².